The van der Waals surface area contributed by atoms with Crippen molar-refractivity contribution in [3.05, 3.63) is 46.5 Å². The van der Waals surface area contributed by atoms with E-state index in [9.17, 15) is 18.0 Å². The van der Waals surface area contributed by atoms with Gasteiger partial charge in [-0.2, -0.15) is 13.2 Å². The maximum absolute atomic E-state index is 13.0. The summed E-state index contributed by atoms with van der Waals surface area (Å²) in [5.41, 5.74) is 6.21. The number of pyridine rings is 1. The quantitative estimate of drug-likeness (QED) is 0.485. The summed E-state index contributed by atoms with van der Waals surface area (Å²) in [5, 5.41) is 3.41. The third-order valence-electron chi connectivity index (χ3n) is 3.91. The molecule has 0 saturated heterocycles. The molecule has 4 rings (SSSR count). The minimum Gasteiger partial charge on any atom is -0.397 e. The van der Waals surface area contributed by atoms with Crippen molar-refractivity contribution >= 4 is 59.8 Å². The van der Waals surface area contributed by atoms with Gasteiger partial charge in [0.05, 0.1) is 15.9 Å². The molecular weight excluding hydrogens is 397 g/mol. The van der Waals surface area contributed by atoms with E-state index < -0.39 is 17.8 Å². The van der Waals surface area contributed by atoms with E-state index in [1.54, 1.807) is 0 Å². The van der Waals surface area contributed by atoms with Gasteiger partial charge < -0.3 is 5.73 Å². The van der Waals surface area contributed by atoms with Gasteiger partial charge >= 0.3 is 6.18 Å². The van der Waals surface area contributed by atoms with Gasteiger partial charge in [0.25, 0.3) is 5.91 Å². The first-order chi connectivity index (χ1) is 12.7. The molecule has 0 spiro atoms. The fourth-order valence-corrected chi connectivity index (χ4v) is 4.63. The third kappa shape index (κ3) is 3.10. The van der Waals surface area contributed by atoms with Crippen molar-refractivity contribution in [2.75, 3.05) is 11.1 Å². The van der Waals surface area contributed by atoms with Crippen molar-refractivity contribution < 1.29 is 18.0 Å². The molecule has 0 fully saturated rings. The number of hydrogen-bond acceptors (Lipinski definition) is 6. The number of hydrogen-bond donors (Lipinski definition) is 2. The van der Waals surface area contributed by atoms with Crippen molar-refractivity contribution in [1.82, 2.24) is 9.97 Å². The van der Waals surface area contributed by atoms with Crippen LogP contribution in [-0.2, 0) is 6.18 Å². The van der Waals surface area contributed by atoms with Crippen LogP contribution in [0.5, 0.6) is 0 Å². The normalized spacial score (nSPS) is 12.0. The molecule has 0 atom stereocenters. The Morgan fingerprint density at radius 2 is 1.93 bits per heavy atom. The Bertz CT molecular complexity index is 1160. The molecule has 10 heteroatoms. The van der Waals surface area contributed by atoms with Gasteiger partial charge in [-0.15, -0.1) is 11.3 Å². The Hall–Kier alpha value is -2.72. The van der Waals surface area contributed by atoms with Crippen LogP contribution in [0.25, 0.3) is 20.4 Å². The third-order valence-corrected chi connectivity index (χ3v) is 5.96. The largest absolute Gasteiger partial charge is 0.433 e. The molecule has 0 unspecified atom stereocenters. The van der Waals surface area contributed by atoms with E-state index in [0.717, 1.165) is 27.6 Å². The van der Waals surface area contributed by atoms with Gasteiger partial charge in [-0.1, -0.05) is 23.5 Å². The summed E-state index contributed by atoms with van der Waals surface area (Å²) in [6, 6.07) is 8.33. The molecule has 4 aromatic rings. The SMILES string of the molecule is Cc1cc(C(F)(F)F)nc2sc(C(=O)Nc3nc4ccccc4s3)c(N)c12. The summed E-state index contributed by atoms with van der Waals surface area (Å²) in [6.07, 6.45) is -4.57. The number of aryl methyl sites for hydroxylation is 1. The molecule has 0 aliphatic rings. The van der Waals surface area contributed by atoms with E-state index in [-0.39, 0.29) is 15.4 Å². The van der Waals surface area contributed by atoms with Crippen LogP contribution in [0.1, 0.15) is 20.9 Å². The number of nitrogens with two attached hydrogens (primary N) is 1. The highest BCUT2D eigenvalue weighted by molar-refractivity contribution is 7.23. The van der Waals surface area contributed by atoms with Crippen LogP contribution < -0.4 is 11.1 Å². The number of fused-ring (bicyclic) bond motifs is 2. The van der Waals surface area contributed by atoms with Gasteiger partial charge in [0, 0.05) is 5.39 Å². The van der Waals surface area contributed by atoms with Gasteiger partial charge in [-0.25, -0.2) is 9.97 Å². The van der Waals surface area contributed by atoms with E-state index in [1.807, 2.05) is 24.3 Å². The minimum atomic E-state index is -4.57. The maximum Gasteiger partial charge on any atom is 0.433 e. The highest BCUT2D eigenvalue weighted by atomic mass is 32.1. The molecule has 138 valence electrons. The van der Waals surface area contributed by atoms with E-state index in [2.05, 4.69) is 15.3 Å². The number of aromatic nitrogens is 2. The van der Waals surface area contributed by atoms with Gasteiger partial charge in [0.15, 0.2) is 5.13 Å². The number of nitrogens with one attached hydrogen (secondary N) is 1. The highest BCUT2D eigenvalue weighted by Crippen LogP contribution is 2.38. The number of nitrogens with zero attached hydrogens (tertiary/aromatic N) is 2. The molecule has 0 saturated carbocycles. The van der Waals surface area contributed by atoms with Gasteiger partial charge in [0.2, 0.25) is 0 Å². The number of thiophene rings is 1. The summed E-state index contributed by atoms with van der Waals surface area (Å²) in [5.74, 6) is -0.525. The number of benzene rings is 1. The molecule has 3 N–H and O–H groups in total. The molecule has 3 heterocycles. The van der Waals surface area contributed by atoms with Crippen LogP contribution in [-0.4, -0.2) is 15.9 Å². The van der Waals surface area contributed by atoms with Gasteiger partial charge in [-0.3, -0.25) is 10.1 Å². The van der Waals surface area contributed by atoms with E-state index in [4.69, 9.17) is 5.73 Å². The zero-order valence-corrected chi connectivity index (χ0v) is 15.4. The molecule has 0 radical (unpaired) electrons. The van der Waals surface area contributed by atoms with Crippen LogP contribution >= 0.6 is 22.7 Å². The lowest BCUT2D eigenvalue weighted by Gasteiger charge is -2.07. The minimum absolute atomic E-state index is 0.0780. The average molecular weight is 408 g/mol. The maximum atomic E-state index is 13.0. The smallest absolute Gasteiger partial charge is 0.397 e. The Balaban J connectivity index is 1.73. The van der Waals surface area contributed by atoms with Crippen molar-refractivity contribution in [2.45, 2.75) is 13.1 Å². The number of amides is 1. The number of carbonyl (C=O) groups excluding carboxylic acids is 1. The van der Waals surface area contributed by atoms with Crippen molar-refractivity contribution in [1.29, 1.82) is 0 Å². The van der Waals surface area contributed by atoms with Crippen LogP contribution in [0, 0.1) is 6.92 Å². The number of para-hydroxylation sites is 1. The molecular formula is C17H11F3N4OS2. The summed E-state index contributed by atoms with van der Waals surface area (Å²) >= 11 is 2.13. The standard InChI is InChI=1S/C17H11F3N4OS2/c1-7-6-10(17(18,19)20)23-15-11(7)12(21)13(27-15)14(25)24-16-22-8-4-2-3-5-9(8)26-16/h2-6H,21H2,1H3,(H,22,24,25). The molecule has 1 aromatic carbocycles. The molecule has 5 nitrogen and oxygen atoms in total. The average Bonchev–Trinajstić information content (AvgIpc) is 3.14. The van der Waals surface area contributed by atoms with E-state index in [1.165, 1.54) is 18.3 Å². The van der Waals surface area contributed by atoms with Crippen molar-refractivity contribution in [3.63, 3.8) is 0 Å². The van der Waals surface area contributed by atoms with Crippen molar-refractivity contribution in [2.24, 2.45) is 0 Å². The Labute approximate surface area is 158 Å². The van der Waals surface area contributed by atoms with Gasteiger partial charge in [0.1, 0.15) is 15.4 Å². The number of anilines is 2. The van der Waals surface area contributed by atoms with Crippen molar-refractivity contribution in [3.8, 4) is 0 Å². The second-order valence-electron chi connectivity index (χ2n) is 5.79. The Morgan fingerprint density at radius 1 is 1.19 bits per heavy atom. The number of alkyl halides is 3. The zero-order valence-electron chi connectivity index (χ0n) is 13.7. The Morgan fingerprint density at radius 3 is 2.63 bits per heavy atom. The molecule has 1 amide bonds. The number of rotatable bonds is 2. The highest BCUT2D eigenvalue weighted by Gasteiger charge is 2.34. The fourth-order valence-electron chi connectivity index (χ4n) is 2.70. The number of thiazole rings is 1. The molecule has 27 heavy (non-hydrogen) atoms. The van der Waals surface area contributed by atoms with E-state index >= 15 is 0 Å². The predicted octanol–water partition coefficient (Wildman–Crippen LogP) is 5.07. The zero-order chi connectivity index (χ0) is 19.3. The summed E-state index contributed by atoms with van der Waals surface area (Å²) in [4.78, 5) is 20.7. The molecule has 0 aliphatic heterocycles. The first kappa shape index (κ1) is 17.7. The molecule has 0 aliphatic carbocycles. The molecule has 0 bridgehead atoms. The van der Waals surface area contributed by atoms with Crippen LogP contribution in [0.15, 0.2) is 30.3 Å². The lowest BCUT2D eigenvalue weighted by molar-refractivity contribution is -0.141. The summed E-state index contributed by atoms with van der Waals surface area (Å²) < 4.78 is 39.8. The number of halogens is 3. The second kappa shape index (κ2) is 6.17. The number of carbonyl (C=O) groups is 1. The van der Waals surface area contributed by atoms with Crippen LogP contribution in [0.2, 0.25) is 0 Å². The lowest BCUT2D eigenvalue weighted by Crippen LogP contribution is -2.11. The van der Waals surface area contributed by atoms with Crippen LogP contribution in [0.3, 0.4) is 0 Å². The first-order valence-electron chi connectivity index (χ1n) is 7.68. The second-order valence-corrected chi connectivity index (χ2v) is 7.82. The fraction of sp³-hybridized carbons (Fsp3) is 0.118. The Kier molecular flexibility index (Phi) is 4.04. The lowest BCUT2D eigenvalue weighted by atomic mass is 10.1. The molecule has 3 aromatic heterocycles. The van der Waals surface area contributed by atoms with Crippen LogP contribution in [0.4, 0.5) is 24.0 Å². The number of nitrogen functional groups attached to an aromatic ring is 1. The summed E-state index contributed by atoms with van der Waals surface area (Å²) in [7, 11) is 0. The van der Waals surface area contributed by atoms with E-state index in [0.29, 0.717) is 16.1 Å². The van der Waals surface area contributed by atoms with Gasteiger partial charge in [-0.05, 0) is 30.7 Å². The topological polar surface area (TPSA) is 80.9 Å². The monoisotopic (exact) mass is 408 g/mol. The summed E-state index contributed by atoms with van der Waals surface area (Å²) in [6.45, 7) is 1.51. The first-order valence-corrected chi connectivity index (χ1v) is 9.31. The predicted molar refractivity (Wildman–Crippen MR) is 101 cm³/mol.